The van der Waals surface area contributed by atoms with Gasteiger partial charge in [0.15, 0.2) is 6.04 Å². The van der Waals surface area contributed by atoms with E-state index in [1.807, 2.05) is 30.3 Å². The van der Waals surface area contributed by atoms with Gasteiger partial charge < -0.3 is 14.7 Å². The standard InChI is InChI=1S/C16H16N2O4/c19-14(18-7-8-22-10-13(18)16(20)21)9-12-4-1-3-11-5-2-6-17-15(11)12/h1-6,13H,7-10H2,(H,20,21). The minimum Gasteiger partial charge on any atom is -0.480 e. The van der Waals surface area contributed by atoms with E-state index >= 15 is 0 Å². The van der Waals surface area contributed by atoms with E-state index in [4.69, 9.17) is 4.74 Å². The van der Waals surface area contributed by atoms with Gasteiger partial charge in [-0.3, -0.25) is 9.78 Å². The third kappa shape index (κ3) is 2.78. The highest BCUT2D eigenvalue weighted by atomic mass is 16.5. The Balaban J connectivity index is 1.85. The van der Waals surface area contributed by atoms with Crippen molar-refractivity contribution in [2.45, 2.75) is 12.5 Å². The molecule has 1 amide bonds. The van der Waals surface area contributed by atoms with Crippen molar-refractivity contribution in [2.24, 2.45) is 0 Å². The fourth-order valence-corrected chi connectivity index (χ4v) is 2.68. The molecule has 1 unspecified atom stereocenters. The maximum Gasteiger partial charge on any atom is 0.328 e. The Kier molecular flexibility index (Phi) is 4.02. The molecule has 1 aliphatic rings. The van der Waals surface area contributed by atoms with Crippen LogP contribution >= 0.6 is 0 Å². The van der Waals surface area contributed by atoms with Gasteiger partial charge in [-0.25, -0.2) is 4.79 Å². The number of morpholine rings is 1. The average molecular weight is 300 g/mol. The van der Waals surface area contributed by atoms with Crippen LogP contribution in [0.25, 0.3) is 10.9 Å². The van der Waals surface area contributed by atoms with Gasteiger partial charge in [0, 0.05) is 18.1 Å². The quantitative estimate of drug-likeness (QED) is 0.918. The first-order chi connectivity index (χ1) is 10.7. The Labute approximate surface area is 127 Å². The number of carbonyl (C=O) groups is 2. The second-order valence-electron chi connectivity index (χ2n) is 5.19. The molecule has 1 aromatic heterocycles. The van der Waals surface area contributed by atoms with Crippen molar-refractivity contribution < 1.29 is 19.4 Å². The third-order valence-corrected chi connectivity index (χ3v) is 3.79. The number of hydrogen-bond acceptors (Lipinski definition) is 4. The summed E-state index contributed by atoms with van der Waals surface area (Å²) in [7, 11) is 0. The average Bonchev–Trinajstić information content (AvgIpc) is 2.55. The molecule has 114 valence electrons. The lowest BCUT2D eigenvalue weighted by atomic mass is 10.1. The second kappa shape index (κ2) is 6.11. The van der Waals surface area contributed by atoms with Gasteiger partial charge in [-0.05, 0) is 11.6 Å². The number of hydrogen-bond donors (Lipinski definition) is 1. The first-order valence-corrected chi connectivity index (χ1v) is 7.09. The molecule has 3 rings (SSSR count). The second-order valence-corrected chi connectivity index (χ2v) is 5.19. The van der Waals surface area contributed by atoms with Crippen LogP contribution in [0, 0.1) is 0 Å². The predicted octanol–water partition coefficient (Wildman–Crippen LogP) is 1.09. The lowest BCUT2D eigenvalue weighted by Gasteiger charge is -2.33. The molecule has 6 heteroatoms. The van der Waals surface area contributed by atoms with Crippen molar-refractivity contribution in [3.8, 4) is 0 Å². The maximum atomic E-state index is 12.5. The van der Waals surface area contributed by atoms with Gasteiger partial charge in [0.25, 0.3) is 0 Å². The van der Waals surface area contributed by atoms with E-state index in [2.05, 4.69) is 4.98 Å². The van der Waals surface area contributed by atoms with Crippen molar-refractivity contribution in [2.75, 3.05) is 19.8 Å². The zero-order valence-electron chi connectivity index (χ0n) is 11.9. The van der Waals surface area contributed by atoms with Crippen molar-refractivity contribution in [1.29, 1.82) is 0 Å². The van der Waals surface area contributed by atoms with E-state index in [9.17, 15) is 14.7 Å². The Morgan fingerprint density at radius 3 is 2.95 bits per heavy atom. The number of ether oxygens (including phenoxy) is 1. The number of amides is 1. The van der Waals surface area contributed by atoms with Crippen molar-refractivity contribution in [1.82, 2.24) is 9.88 Å². The highest BCUT2D eigenvalue weighted by Gasteiger charge is 2.32. The number of pyridine rings is 1. The van der Waals surface area contributed by atoms with Gasteiger partial charge in [0.05, 0.1) is 25.2 Å². The summed E-state index contributed by atoms with van der Waals surface area (Å²) in [4.78, 5) is 29.5. The zero-order valence-corrected chi connectivity index (χ0v) is 11.9. The molecule has 1 atom stereocenters. The predicted molar refractivity (Wildman–Crippen MR) is 79.4 cm³/mol. The van der Waals surface area contributed by atoms with Crippen LogP contribution < -0.4 is 0 Å². The van der Waals surface area contributed by atoms with Crippen molar-refractivity contribution in [3.63, 3.8) is 0 Å². The van der Waals surface area contributed by atoms with E-state index < -0.39 is 12.0 Å². The number of para-hydroxylation sites is 1. The maximum absolute atomic E-state index is 12.5. The molecule has 22 heavy (non-hydrogen) atoms. The first kappa shape index (κ1) is 14.5. The summed E-state index contributed by atoms with van der Waals surface area (Å²) in [5, 5.41) is 10.2. The highest BCUT2D eigenvalue weighted by Crippen LogP contribution is 2.18. The number of benzene rings is 1. The number of fused-ring (bicyclic) bond motifs is 1. The molecule has 0 radical (unpaired) electrons. The highest BCUT2D eigenvalue weighted by molar-refractivity contribution is 5.89. The van der Waals surface area contributed by atoms with E-state index in [1.54, 1.807) is 6.20 Å². The fourth-order valence-electron chi connectivity index (χ4n) is 2.68. The lowest BCUT2D eigenvalue weighted by Crippen LogP contribution is -2.53. The lowest BCUT2D eigenvalue weighted by molar-refractivity contribution is -0.157. The Morgan fingerprint density at radius 1 is 1.32 bits per heavy atom. The summed E-state index contributed by atoms with van der Waals surface area (Å²) in [5.41, 5.74) is 1.58. The molecule has 1 aromatic carbocycles. The summed E-state index contributed by atoms with van der Waals surface area (Å²) >= 11 is 0. The van der Waals surface area contributed by atoms with E-state index in [1.165, 1.54) is 4.90 Å². The summed E-state index contributed by atoms with van der Waals surface area (Å²) in [5.74, 6) is -1.25. The van der Waals surface area contributed by atoms with Crippen LogP contribution in [0.1, 0.15) is 5.56 Å². The number of aromatic nitrogens is 1. The topological polar surface area (TPSA) is 79.7 Å². The number of rotatable bonds is 3. The minimum atomic E-state index is -1.04. The van der Waals surface area contributed by atoms with Crippen LogP contribution in [0.15, 0.2) is 36.5 Å². The number of nitrogens with zero attached hydrogens (tertiary/aromatic N) is 2. The summed E-state index contributed by atoms with van der Waals surface area (Å²) < 4.78 is 5.16. The molecule has 1 aliphatic heterocycles. The van der Waals surface area contributed by atoms with E-state index in [0.717, 1.165) is 16.5 Å². The molecular formula is C16H16N2O4. The van der Waals surface area contributed by atoms with E-state index in [0.29, 0.717) is 13.2 Å². The Hall–Kier alpha value is -2.47. The number of carboxylic acid groups (broad SMARTS) is 1. The van der Waals surface area contributed by atoms with E-state index in [-0.39, 0.29) is 18.9 Å². The third-order valence-electron chi connectivity index (χ3n) is 3.79. The monoisotopic (exact) mass is 300 g/mol. The van der Waals surface area contributed by atoms with Crippen LogP contribution in [-0.2, 0) is 20.7 Å². The van der Waals surface area contributed by atoms with Crippen molar-refractivity contribution >= 4 is 22.8 Å². The summed E-state index contributed by atoms with van der Waals surface area (Å²) in [6, 6.07) is 8.53. The van der Waals surface area contributed by atoms with Gasteiger partial charge in [-0.15, -0.1) is 0 Å². The largest absolute Gasteiger partial charge is 0.480 e. The van der Waals surface area contributed by atoms with Crippen LogP contribution in [0.5, 0.6) is 0 Å². The van der Waals surface area contributed by atoms with Gasteiger partial charge in [0.2, 0.25) is 5.91 Å². The SMILES string of the molecule is O=C(O)C1COCCN1C(=O)Cc1cccc2cccnc12. The molecule has 0 spiro atoms. The molecule has 2 aromatic rings. The van der Waals surface area contributed by atoms with Crippen LogP contribution in [0.2, 0.25) is 0 Å². The Morgan fingerprint density at radius 2 is 2.14 bits per heavy atom. The fraction of sp³-hybridized carbons (Fsp3) is 0.312. The summed E-state index contributed by atoms with van der Waals surface area (Å²) in [6.45, 7) is 0.701. The number of carbonyl (C=O) groups excluding carboxylic acids is 1. The van der Waals surface area contributed by atoms with Gasteiger partial charge in [0.1, 0.15) is 0 Å². The molecule has 6 nitrogen and oxygen atoms in total. The minimum absolute atomic E-state index is 0.0366. The molecule has 1 fully saturated rings. The molecule has 2 heterocycles. The van der Waals surface area contributed by atoms with Crippen molar-refractivity contribution in [3.05, 3.63) is 42.1 Å². The van der Waals surface area contributed by atoms with Gasteiger partial charge >= 0.3 is 5.97 Å². The Bertz CT molecular complexity index is 711. The molecular weight excluding hydrogens is 284 g/mol. The van der Waals surface area contributed by atoms with Crippen LogP contribution in [-0.4, -0.2) is 52.7 Å². The molecule has 0 saturated carbocycles. The zero-order chi connectivity index (χ0) is 15.5. The summed E-state index contributed by atoms with van der Waals surface area (Å²) in [6.07, 6.45) is 1.82. The number of aliphatic carboxylic acids is 1. The van der Waals surface area contributed by atoms with Crippen LogP contribution in [0.4, 0.5) is 0 Å². The van der Waals surface area contributed by atoms with Gasteiger partial charge in [-0.2, -0.15) is 0 Å². The van der Waals surface area contributed by atoms with Gasteiger partial charge in [-0.1, -0.05) is 24.3 Å². The molecule has 0 aliphatic carbocycles. The van der Waals surface area contributed by atoms with Crippen LogP contribution in [0.3, 0.4) is 0 Å². The number of carboxylic acids is 1. The molecule has 1 saturated heterocycles. The molecule has 0 bridgehead atoms. The first-order valence-electron chi connectivity index (χ1n) is 7.09. The molecule has 1 N–H and O–H groups in total. The smallest absolute Gasteiger partial charge is 0.328 e. The normalized spacial score (nSPS) is 18.4.